The van der Waals surface area contributed by atoms with E-state index in [4.69, 9.17) is 12.2 Å². The van der Waals surface area contributed by atoms with Gasteiger partial charge in [-0.3, -0.25) is 19.4 Å². The minimum absolute atomic E-state index is 0.0583. The number of hydrogen-bond donors (Lipinski definition) is 2. The monoisotopic (exact) mass is 520 g/mol. The van der Waals surface area contributed by atoms with Gasteiger partial charge in [-0.1, -0.05) is 43.1 Å². The molecule has 196 valence electrons. The molecule has 0 heterocycles. The van der Waals surface area contributed by atoms with E-state index in [1.807, 2.05) is 80.3 Å². The van der Waals surface area contributed by atoms with E-state index in [0.29, 0.717) is 24.4 Å². The molecule has 7 nitrogen and oxygen atoms in total. The number of nitrogens with zero attached hydrogens (tertiary/aromatic N) is 3. The number of aromatic hydroxyl groups is 1. The molecule has 2 aromatic carbocycles. The minimum Gasteiger partial charge on any atom is -0.508 e. The van der Waals surface area contributed by atoms with Gasteiger partial charge in [-0.05, 0) is 74.5 Å². The Morgan fingerprint density at radius 2 is 1.73 bits per heavy atom. The molecule has 0 aliphatic carbocycles. The Balaban J connectivity index is 2.26. The van der Waals surface area contributed by atoms with Crippen molar-refractivity contribution >= 4 is 40.9 Å². The van der Waals surface area contributed by atoms with Crippen LogP contribution in [0.3, 0.4) is 0 Å². The van der Waals surface area contributed by atoms with Gasteiger partial charge >= 0.3 is 0 Å². The molecule has 0 saturated heterocycles. The summed E-state index contributed by atoms with van der Waals surface area (Å²) in [5, 5.41) is 12.4. The molecule has 0 bridgehead atoms. The summed E-state index contributed by atoms with van der Waals surface area (Å²) in [6.45, 7) is 6.09. The second-order valence-electron chi connectivity index (χ2n) is 8.75. The summed E-state index contributed by atoms with van der Waals surface area (Å²) in [5.74, 6) is -0.396. The molecule has 2 amide bonds. The first-order valence-corrected chi connectivity index (χ1v) is 12.5. The quantitative estimate of drug-likeness (QED) is 0.293. The van der Waals surface area contributed by atoms with Gasteiger partial charge in [0, 0.05) is 37.7 Å². The lowest BCUT2D eigenvalue weighted by atomic mass is 10.1. The van der Waals surface area contributed by atoms with Crippen molar-refractivity contribution in [1.29, 1.82) is 0 Å². The van der Waals surface area contributed by atoms with Gasteiger partial charge in [-0.25, -0.2) is 0 Å². The van der Waals surface area contributed by atoms with Gasteiger partial charge in [-0.2, -0.15) is 0 Å². The van der Waals surface area contributed by atoms with E-state index in [9.17, 15) is 14.7 Å². The molecule has 1 unspecified atom stereocenters. The fourth-order valence-electron chi connectivity index (χ4n) is 3.69. The van der Waals surface area contributed by atoms with Crippen LogP contribution in [0.2, 0.25) is 0 Å². The first kappa shape index (κ1) is 29.5. The molecule has 8 heteroatoms. The van der Waals surface area contributed by atoms with E-state index in [2.05, 4.69) is 11.9 Å². The lowest BCUT2D eigenvalue weighted by Gasteiger charge is -2.31. The molecule has 0 aliphatic heterocycles. The van der Waals surface area contributed by atoms with Crippen molar-refractivity contribution in [2.24, 2.45) is 0 Å². The maximum Gasteiger partial charge on any atom is 0.249 e. The Morgan fingerprint density at radius 1 is 1.08 bits per heavy atom. The number of phenolic OH excluding ortho intramolecular Hbond substituents is 1. The smallest absolute Gasteiger partial charge is 0.249 e. The molecule has 0 aliphatic rings. The number of rotatable bonds is 13. The van der Waals surface area contributed by atoms with Gasteiger partial charge in [0.15, 0.2) is 0 Å². The van der Waals surface area contributed by atoms with Gasteiger partial charge < -0.3 is 15.3 Å². The maximum absolute atomic E-state index is 13.7. The predicted octanol–water partition coefficient (Wildman–Crippen LogP) is 4.76. The van der Waals surface area contributed by atoms with Crippen LogP contribution >= 0.6 is 12.2 Å². The van der Waals surface area contributed by atoms with Crippen LogP contribution in [0.5, 0.6) is 5.75 Å². The summed E-state index contributed by atoms with van der Waals surface area (Å²) < 4.78 is 0. The van der Waals surface area contributed by atoms with E-state index in [1.54, 1.807) is 30.4 Å². The number of nitrogens with one attached hydrogen (secondary N) is 1. The van der Waals surface area contributed by atoms with Gasteiger partial charge in [0.1, 0.15) is 5.75 Å². The number of carbonyl (C=O) groups is 2. The van der Waals surface area contributed by atoms with Crippen LogP contribution in [0.15, 0.2) is 85.1 Å². The Morgan fingerprint density at radius 3 is 2.27 bits per heavy atom. The van der Waals surface area contributed by atoms with Gasteiger partial charge in [0.2, 0.25) is 11.8 Å². The Bertz CT molecular complexity index is 1120. The zero-order valence-corrected chi connectivity index (χ0v) is 22.7. The number of allylic oxidation sites excluding steroid dienone is 4. The third-order valence-electron chi connectivity index (χ3n) is 5.80. The third kappa shape index (κ3) is 9.00. The lowest BCUT2D eigenvalue weighted by molar-refractivity contribution is -0.133. The fourth-order valence-corrected chi connectivity index (χ4v) is 3.92. The van der Waals surface area contributed by atoms with E-state index < -0.39 is 6.04 Å². The highest BCUT2D eigenvalue weighted by Gasteiger charge is 2.30. The average molecular weight is 521 g/mol. The predicted molar refractivity (Wildman–Crippen MR) is 156 cm³/mol. The van der Waals surface area contributed by atoms with Crippen LogP contribution in [0.4, 0.5) is 11.4 Å². The molecule has 0 spiro atoms. The van der Waals surface area contributed by atoms with Crippen molar-refractivity contribution in [2.45, 2.75) is 25.8 Å². The van der Waals surface area contributed by atoms with Crippen molar-refractivity contribution in [1.82, 2.24) is 9.80 Å². The summed E-state index contributed by atoms with van der Waals surface area (Å²) in [6, 6.07) is 13.7. The lowest BCUT2D eigenvalue weighted by Crippen LogP contribution is -2.48. The normalized spacial score (nSPS) is 12.3. The summed E-state index contributed by atoms with van der Waals surface area (Å²) in [4.78, 5) is 32.0. The molecule has 2 rings (SSSR count). The number of likely N-dealkylation sites (N-methyl/N-ethyl adjacent to an activating group) is 1. The topological polar surface area (TPSA) is 76.1 Å². The van der Waals surface area contributed by atoms with Crippen LogP contribution in [-0.4, -0.2) is 65.9 Å². The first-order valence-electron chi connectivity index (χ1n) is 12.0. The van der Waals surface area contributed by atoms with Crippen molar-refractivity contribution in [3.8, 4) is 5.75 Å². The van der Waals surface area contributed by atoms with Crippen molar-refractivity contribution in [3.05, 3.63) is 90.7 Å². The van der Waals surface area contributed by atoms with Crippen LogP contribution in [0.25, 0.3) is 0 Å². The molecule has 37 heavy (non-hydrogen) atoms. The van der Waals surface area contributed by atoms with Gasteiger partial charge in [0.05, 0.1) is 18.0 Å². The highest BCUT2D eigenvalue weighted by molar-refractivity contribution is 7.78. The average Bonchev–Trinajstić information content (AvgIpc) is 2.87. The zero-order chi connectivity index (χ0) is 27.4. The van der Waals surface area contributed by atoms with Gasteiger partial charge in [0.25, 0.3) is 0 Å². The molecule has 2 aromatic rings. The van der Waals surface area contributed by atoms with Crippen molar-refractivity contribution < 1.29 is 14.7 Å². The highest BCUT2D eigenvalue weighted by Crippen LogP contribution is 2.18. The first-order chi connectivity index (χ1) is 17.7. The van der Waals surface area contributed by atoms with Crippen LogP contribution < -0.4 is 10.2 Å². The fraction of sp³-hybridized carbons (Fsp3) is 0.276. The molecule has 1 atom stereocenters. The second-order valence-corrected chi connectivity index (χ2v) is 8.96. The molecule has 0 saturated carbocycles. The van der Waals surface area contributed by atoms with Crippen LogP contribution in [0.1, 0.15) is 18.9 Å². The second kappa shape index (κ2) is 14.7. The summed E-state index contributed by atoms with van der Waals surface area (Å²) in [5.41, 5.74) is 4.53. The summed E-state index contributed by atoms with van der Waals surface area (Å²) in [7, 11) is 5.71. The van der Waals surface area contributed by atoms with E-state index in [1.165, 1.54) is 10.4 Å². The molecular weight excluding hydrogens is 484 g/mol. The minimum atomic E-state index is -0.768. The number of hydrogen-bond acceptors (Lipinski definition) is 6. The number of carbonyl (C=O) groups excluding carboxylic acids is 2. The Kier molecular flexibility index (Phi) is 11.7. The molecule has 2 N–H and O–H groups in total. The molecular formula is C29H36N4O3S. The van der Waals surface area contributed by atoms with E-state index in [0.717, 1.165) is 11.3 Å². The highest BCUT2D eigenvalue weighted by atomic mass is 32.1. The third-order valence-corrected chi connectivity index (χ3v) is 6.01. The van der Waals surface area contributed by atoms with E-state index >= 15 is 0 Å². The zero-order valence-electron chi connectivity index (χ0n) is 21.9. The van der Waals surface area contributed by atoms with E-state index in [-0.39, 0.29) is 24.0 Å². The Labute approximate surface area is 225 Å². The SMILES string of the molecule is C=C/C=C(\C=C/C)N(C=S)C(=O)C(CC(=O)Nc1ccc(N(C)C)cc1)N(C)CCc1ccc(O)cc1. The standard InChI is InChI=1S/C29H36N4O3S/c1-6-8-25(9-7-2)33(21-37)29(36)27(32(5)19-18-22-10-16-26(34)17-11-22)20-28(35)30-23-12-14-24(15-13-23)31(3)4/h6-17,21,27,34H,1,18-20H2,2-5H3,(H,30,35)/b9-7-,25-8+. The molecule has 0 fully saturated rings. The number of benzene rings is 2. The van der Waals surface area contributed by atoms with Crippen LogP contribution in [-0.2, 0) is 16.0 Å². The number of anilines is 2. The largest absolute Gasteiger partial charge is 0.508 e. The number of thiocarbonyl (C=S) groups is 1. The number of phenols is 1. The molecule has 0 aromatic heterocycles. The summed E-state index contributed by atoms with van der Waals surface area (Å²) in [6.07, 6.45) is 7.43. The maximum atomic E-state index is 13.7. The number of amides is 2. The molecule has 0 radical (unpaired) electrons. The van der Waals surface area contributed by atoms with Gasteiger partial charge in [-0.15, -0.1) is 0 Å². The van der Waals surface area contributed by atoms with Crippen LogP contribution in [0, 0.1) is 0 Å². The van der Waals surface area contributed by atoms with Crippen molar-refractivity contribution in [3.63, 3.8) is 0 Å². The Hall–Kier alpha value is -3.75. The summed E-state index contributed by atoms with van der Waals surface area (Å²) >= 11 is 5.19. The van der Waals surface area contributed by atoms with Crippen molar-refractivity contribution in [2.75, 3.05) is 37.9 Å².